The molecule has 1 aliphatic rings. The second-order valence-electron chi connectivity index (χ2n) is 4.68. The Morgan fingerprint density at radius 3 is 2.73 bits per heavy atom. The van der Waals surface area contributed by atoms with E-state index in [1.807, 2.05) is 6.92 Å². The van der Waals surface area contributed by atoms with E-state index in [4.69, 9.17) is 4.74 Å². The minimum Gasteiger partial charge on any atom is -0.466 e. The van der Waals surface area contributed by atoms with Crippen LogP contribution in [0.2, 0.25) is 0 Å². The van der Waals surface area contributed by atoms with Crippen LogP contribution in [0.25, 0.3) is 0 Å². The van der Waals surface area contributed by atoms with Gasteiger partial charge in [-0.1, -0.05) is 0 Å². The number of hydrogen-bond acceptors (Lipinski definition) is 3. The number of rotatable bonds is 3. The molecule has 1 heterocycles. The fourth-order valence-electron chi connectivity index (χ4n) is 2.14. The van der Waals surface area contributed by atoms with Crippen LogP contribution >= 0.6 is 12.4 Å². The Bertz CT molecular complexity index is 207. The number of hydrogen-bond donors (Lipinski definition) is 1. The van der Waals surface area contributed by atoms with Crippen LogP contribution in [0.15, 0.2) is 0 Å². The highest BCUT2D eigenvalue weighted by molar-refractivity contribution is 5.85. The van der Waals surface area contributed by atoms with Gasteiger partial charge in [-0.15, -0.1) is 12.4 Å². The summed E-state index contributed by atoms with van der Waals surface area (Å²) in [6.45, 7) is 7.73. The third-order valence-corrected chi connectivity index (χ3v) is 2.72. The van der Waals surface area contributed by atoms with Gasteiger partial charge >= 0.3 is 5.97 Å². The monoisotopic (exact) mass is 235 g/mol. The first-order chi connectivity index (χ1) is 6.53. The molecular weight excluding hydrogens is 214 g/mol. The van der Waals surface area contributed by atoms with Gasteiger partial charge in [0.2, 0.25) is 0 Å². The smallest absolute Gasteiger partial charge is 0.306 e. The molecule has 1 fully saturated rings. The van der Waals surface area contributed by atoms with Crippen molar-refractivity contribution in [3.63, 3.8) is 0 Å². The number of halogens is 1. The van der Waals surface area contributed by atoms with Crippen LogP contribution in [0, 0.1) is 5.92 Å². The number of ether oxygens (including phenoxy) is 1. The lowest BCUT2D eigenvalue weighted by Crippen LogP contribution is -2.46. The van der Waals surface area contributed by atoms with Crippen molar-refractivity contribution in [3.8, 4) is 0 Å². The maximum atomic E-state index is 11.3. The SMILES string of the molecule is CCOC(=O)CC1CCNC(C)(C)C1.Cl. The summed E-state index contributed by atoms with van der Waals surface area (Å²) in [5.41, 5.74) is 0.176. The molecule has 3 nitrogen and oxygen atoms in total. The molecule has 15 heavy (non-hydrogen) atoms. The lowest BCUT2D eigenvalue weighted by Gasteiger charge is -2.36. The predicted molar refractivity (Wildman–Crippen MR) is 63.3 cm³/mol. The fourth-order valence-corrected chi connectivity index (χ4v) is 2.14. The zero-order valence-electron chi connectivity index (χ0n) is 9.84. The van der Waals surface area contributed by atoms with Gasteiger partial charge in [-0.3, -0.25) is 4.79 Å². The second-order valence-corrected chi connectivity index (χ2v) is 4.68. The lowest BCUT2D eigenvalue weighted by atomic mass is 9.83. The minimum absolute atomic E-state index is 0. The van der Waals surface area contributed by atoms with Gasteiger partial charge in [0, 0.05) is 12.0 Å². The van der Waals surface area contributed by atoms with E-state index in [2.05, 4.69) is 19.2 Å². The van der Waals surface area contributed by atoms with Crippen LogP contribution in [-0.2, 0) is 9.53 Å². The van der Waals surface area contributed by atoms with Crippen LogP contribution in [0.5, 0.6) is 0 Å². The van der Waals surface area contributed by atoms with Crippen molar-refractivity contribution in [2.75, 3.05) is 13.2 Å². The summed E-state index contributed by atoms with van der Waals surface area (Å²) in [6.07, 6.45) is 2.73. The van der Waals surface area contributed by atoms with E-state index in [1.54, 1.807) is 0 Å². The number of piperidine rings is 1. The lowest BCUT2D eigenvalue weighted by molar-refractivity contribution is -0.144. The molecule has 1 rings (SSSR count). The molecule has 0 aromatic heterocycles. The van der Waals surface area contributed by atoms with E-state index in [0.29, 0.717) is 18.9 Å². The molecule has 1 unspecified atom stereocenters. The van der Waals surface area contributed by atoms with E-state index in [0.717, 1.165) is 19.4 Å². The van der Waals surface area contributed by atoms with Gasteiger partial charge in [0.1, 0.15) is 0 Å². The molecule has 0 radical (unpaired) electrons. The van der Waals surface area contributed by atoms with Crippen molar-refractivity contribution in [1.82, 2.24) is 5.32 Å². The molecule has 0 saturated carbocycles. The molecule has 0 aromatic carbocycles. The summed E-state index contributed by atoms with van der Waals surface area (Å²) in [6, 6.07) is 0. The van der Waals surface area contributed by atoms with Crippen LogP contribution in [0.4, 0.5) is 0 Å². The molecule has 1 N–H and O–H groups in total. The Morgan fingerprint density at radius 2 is 2.20 bits per heavy atom. The zero-order chi connectivity index (χ0) is 10.6. The van der Waals surface area contributed by atoms with Crippen molar-refractivity contribution in [2.45, 2.75) is 45.6 Å². The summed E-state index contributed by atoms with van der Waals surface area (Å²) >= 11 is 0. The molecule has 0 amide bonds. The summed E-state index contributed by atoms with van der Waals surface area (Å²) in [4.78, 5) is 11.3. The van der Waals surface area contributed by atoms with Gasteiger partial charge in [-0.25, -0.2) is 0 Å². The second kappa shape index (κ2) is 6.33. The summed E-state index contributed by atoms with van der Waals surface area (Å²) in [5.74, 6) is 0.445. The Hall–Kier alpha value is -0.280. The van der Waals surface area contributed by atoms with E-state index >= 15 is 0 Å². The fraction of sp³-hybridized carbons (Fsp3) is 0.909. The van der Waals surface area contributed by atoms with Gasteiger partial charge in [0.15, 0.2) is 0 Å². The normalized spacial score (nSPS) is 24.1. The Morgan fingerprint density at radius 1 is 1.53 bits per heavy atom. The predicted octanol–water partition coefficient (Wildman–Crippen LogP) is 2.14. The van der Waals surface area contributed by atoms with Gasteiger partial charge in [-0.05, 0) is 46.1 Å². The zero-order valence-corrected chi connectivity index (χ0v) is 10.7. The largest absolute Gasteiger partial charge is 0.466 e. The van der Waals surface area contributed by atoms with E-state index in [1.165, 1.54) is 0 Å². The Balaban J connectivity index is 0.00000196. The van der Waals surface area contributed by atoms with Crippen molar-refractivity contribution >= 4 is 18.4 Å². The molecule has 90 valence electrons. The van der Waals surface area contributed by atoms with Crippen LogP contribution in [0.1, 0.15) is 40.0 Å². The highest BCUT2D eigenvalue weighted by Gasteiger charge is 2.28. The average molecular weight is 236 g/mol. The highest BCUT2D eigenvalue weighted by Crippen LogP contribution is 2.26. The molecular formula is C11H22ClNO2. The first-order valence-corrected chi connectivity index (χ1v) is 5.44. The first kappa shape index (κ1) is 14.7. The molecule has 0 spiro atoms. The molecule has 0 bridgehead atoms. The first-order valence-electron chi connectivity index (χ1n) is 5.44. The van der Waals surface area contributed by atoms with Crippen molar-refractivity contribution < 1.29 is 9.53 Å². The van der Waals surface area contributed by atoms with Crippen LogP contribution in [-0.4, -0.2) is 24.7 Å². The summed E-state index contributed by atoms with van der Waals surface area (Å²) in [7, 11) is 0. The minimum atomic E-state index is -0.0461. The van der Waals surface area contributed by atoms with Gasteiger partial charge in [0.05, 0.1) is 6.61 Å². The molecule has 0 aliphatic carbocycles. The van der Waals surface area contributed by atoms with E-state index in [-0.39, 0.29) is 23.9 Å². The van der Waals surface area contributed by atoms with Gasteiger partial charge in [-0.2, -0.15) is 0 Å². The molecule has 1 saturated heterocycles. The maximum Gasteiger partial charge on any atom is 0.306 e. The number of nitrogens with one attached hydrogen (secondary N) is 1. The number of carbonyl (C=O) groups excluding carboxylic acids is 1. The van der Waals surface area contributed by atoms with Crippen LogP contribution in [0.3, 0.4) is 0 Å². The standard InChI is InChI=1S/C11H21NO2.ClH/c1-4-14-10(13)7-9-5-6-12-11(2,3)8-9;/h9,12H,4-8H2,1-3H3;1H. The average Bonchev–Trinajstić information content (AvgIpc) is 2.02. The number of esters is 1. The third-order valence-electron chi connectivity index (χ3n) is 2.72. The van der Waals surface area contributed by atoms with Crippen molar-refractivity contribution in [3.05, 3.63) is 0 Å². The molecule has 0 aromatic rings. The molecule has 1 aliphatic heterocycles. The Labute approximate surface area is 98.4 Å². The summed E-state index contributed by atoms with van der Waals surface area (Å²) in [5, 5.41) is 3.44. The van der Waals surface area contributed by atoms with E-state index in [9.17, 15) is 4.79 Å². The number of carbonyl (C=O) groups is 1. The topological polar surface area (TPSA) is 38.3 Å². The quantitative estimate of drug-likeness (QED) is 0.762. The third kappa shape index (κ3) is 5.38. The van der Waals surface area contributed by atoms with Crippen molar-refractivity contribution in [1.29, 1.82) is 0 Å². The molecule has 4 heteroatoms. The Kier molecular flexibility index (Phi) is 6.22. The highest BCUT2D eigenvalue weighted by atomic mass is 35.5. The van der Waals surface area contributed by atoms with Crippen LogP contribution < -0.4 is 5.32 Å². The maximum absolute atomic E-state index is 11.3. The summed E-state index contributed by atoms with van der Waals surface area (Å²) < 4.78 is 4.95. The van der Waals surface area contributed by atoms with Gasteiger partial charge in [0.25, 0.3) is 0 Å². The van der Waals surface area contributed by atoms with Crippen molar-refractivity contribution in [2.24, 2.45) is 5.92 Å². The molecule has 1 atom stereocenters. The van der Waals surface area contributed by atoms with Gasteiger partial charge < -0.3 is 10.1 Å². The van der Waals surface area contributed by atoms with E-state index < -0.39 is 0 Å².